The molecule has 0 unspecified atom stereocenters. The van der Waals surface area contributed by atoms with Crippen molar-refractivity contribution in [2.75, 3.05) is 5.32 Å². The molecular weight excluding hydrogens is 300 g/mol. The van der Waals surface area contributed by atoms with Gasteiger partial charge in [0.2, 0.25) is 5.91 Å². The van der Waals surface area contributed by atoms with Crippen LogP contribution in [-0.2, 0) is 10.3 Å². The summed E-state index contributed by atoms with van der Waals surface area (Å²) in [5.41, 5.74) is 2.98. The van der Waals surface area contributed by atoms with Gasteiger partial charge in [-0.2, -0.15) is 5.10 Å². The van der Waals surface area contributed by atoms with E-state index in [0.29, 0.717) is 6.42 Å². The van der Waals surface area contributed by atoms with Gasteiger partial charge in [0.15, 0.2) is 0 Å². The molecule has 3 heterocycles. The molecule has 0 bridgehead atoms. The fraction of sp³-hybridized carbons (Fsp3) is 0.316. The van der Waals surface area contributed by atoms with Crippen molar-refractivity contribution in [3.05, 3.63) is 53.9 Å². The van der Waals surface area contributed by atoms with Crippen molar-refractivity contribution < 1.29 is 4.79 Å². The highest BCUT2D eigenvalue weighted by Gasteiger charge is 2.32. The summed E-state index contributed by atoms with van der Waals surface area (Å²) in [4.78, 5) is 16.7. The predicted octanol–water partition coefficient (Wildman–Crippen LogP) is 3.66. The second-order valence-corrected chi connectivity index (χ2v) is 7.29. The largest absolute Gasteiger partial charge is 0.311 e. The van der Waals surface area contributed by atoms with E-state index < -0.39 is 0 Å². The Balaban J connectivity index is 1.84. The molecule has 1 N–H and O–H groups in total. The third-order valence-corrected chi connectivity index (χ3v) is 4.49. The molecule has 5 heteroatoms. The number of carbonyl (C=O) groups excluding carboxylic acids is 1. The van der Waals surface area contributed by atoms with E-state index in [2.05, 4.69) is 48.3 Å². The zero-order valence-corrected chi connectivity index (χ0v) is 14.1. The normalized spacial score (nSPS) is 17.6. The van der Waals surface area contributed by atoms with Crippen LogP contribution < -0.4 is 5.32 Å². The van der Waals surface area contributed by atoms with Crippen molar-refractivity contribution in [1.82, 2.24) is 14.8 Å². The summed E-state index contributed by atoms with van der Waals surface area (Å²) < 4.78 is 1.90. The third kappa shape index (κ3) is 2.37. The number of aromatic nitrogens is 3. The van der Waals surface area contributed by atoms with E-state index in [-0.39, 0.29) is 17.4 Å². The summed E-state index contributed by atoms with van der Waals surface area (Å²) in [6.07, 6.45) is 4.12. The Bertz CT molecular complexity index is 936. The average molecular weight is 320 g/mol. The van der Waals surface area contributed by atoms with Gasteiger partial charge >= 0.3 is 0 Å². The van der Waals surface area contributed by atoms with E-state index in [0.717, 1.165) is 27.8 Å². The second-order valence-electron chi connectivity index (χ2n) is 7.29. The Morgan fingerprint density at radius 3 is 2.88 bits per heavy atom. The molecule has 1 aliphatic rings. The van der Waals surface area contributed by atoms with E-state index in [9.17, 15) is 4.79 Å². The molecule has 24 heavy (non-hydrogen) atoms. The van der Waals surface area contributed by atoms with Crippen molar-refractivity contribution >= 4 is 22.6 Å². The first-order chi connectivity index (χ1) is 11.4. The lowest BCUT2D eigenvalue weighted by atomic mass is 9.86. The lowest BCUT2D eigenvalue weighted by Crippen LogP contribution is -2.30. The van der Waals surface area contributed by atoms with Crippen LogP contribution >= 0.6 is 0 Å². The topological polar surface area (TPSA) is 59.8 Å². The Morgan fingerprint density at radius 2 is 2.08 bits per heavy atom. The molecule has 0 saturated heterocycles. The summed E-state index contributed by atoms with van der Waals surface area (Å²) in [6, 6.07) is 10.2. The van der Waals surface area contributed by atoms with Gasteiger partial charge in [0.05, 0.1) is 17.3 Å². The van der Waals surface area contributed by atoms with E-state index >= 15 is 0 Å². The fourth-order valence-electron chi connectivity index (χ4n) is 3.34. The van der Waals surface area contributed by atoms with Gasteiger partial charge in [-0.05, 0) is 44.5 Å². The number of hydrogen-bond donors (Lipinski definition) is 1. The number of anilines is 1. The number of pyridine rings is 1. The number of nitrogens with zero attached hydrogens (tertiary/aromatic N) is 3. The molecule has 0 fully saturated rings. The van der Waals surface area contributed by atoms with Crippen LogP contribution in [0.5, 0.6) is 0 Å². The maximum Gasteiger partial charge on any atom is 0.226 e. The fourth-order valence-corrected chi connectivity index (χ4v) is 3.34. The number of carbonyl (C=O) groups is 1. The van der Waals surface area contributed by atoms with Crippen LogP contribution in [0.25, 0.3) is 10.9 Å². The number of nitrogens with one attached hydrogen (secondary N) is 1. The molecule has 1 amide bonds. The van der Waals surface area contributed by atoms with Gasteiger partial charge in [-0.1, -0.05) is 12.1 Å². The summed E-state index contributed by atoms with van der Waals surface area (Å²) in [5.74, 6) is 0.870. The zero-order valence-electron chi connectivity index (χ0n) is 14.1. The smallest absolute Gasteiger partial charge is 0.226 e. The molecule has 0 radical (unpaired) electrons. The van der Waals surface area contributed by atoms with Crippen molar-refractivity contribution in [2.45, 2.75) is 38.6 Å². The summed E-state index contributed by atoms with van der Waals surface area (Å²) in [7, 11) is 0. The van der Waals surface area contributed by atoms with E-state index in [1.807, 2.05) is 29.1 Å². The lowest BCUT2D eigenvalue weighted by molar-refractivity contribution is -0.116. The summed E-state index contributed by atoms with van der Waals surface area (Å²) >= 11 is 0. The van der Waals surface area contributed by atoms with E-state index in [1.54, 1.807) is 6.20 Å². The van der Waals surface area contributed by atoms with E-state index in [4.69, 9.17) is 0 Å². The Morgan fingerprint density at radius 1 is 1.25 bits per heavy atom. The van der Waals surface area contributed by atoms with Gasteiger partial charge < -0.3 is 5.32 Å². The van der Waals surface area contributed by atoms with Crippen molar-refractivity contribution in [1.29, 1.82) is 0 Å². The summed E-state index contributed by atoms with van der Waals surface area (Å²) in [5, 5.41) is 8.62. The first-order valence-electron chi connectivity index (χ1n) is 8.16. The first-order valence-corrected chi connectivity index (χ1v) is 8.16. The van der Waals surface area contributed by atoms with Gasteiger partial charge in [-0.25, -0.2) is 4.68 Å². The molecule has 0 saturated carbocycles. The van der Waals surface area contributed by atoms with Crippen molar-refractivity contribution in [3.63, 3.8) is 0 Å². The summed E-state index contributed by atoms with van der Waals surface area (Å²) in [6.45, 7) is 6.24. The molecule has 1 aliphatic heterocycles. The Labute approximate surface area is 140 Å². The number of fused-ring (bicyclic) bond motifs is 2. The molecule has 122 valence electrons. The van der Waals surface area contributed by atoms with Gasteiger partial charge in [-0.3, -0.25) is 9.78 Å². The van der Waals surface area contributed by atoms with Crippen LogP contribution in [0.1, 0.15) is 44.2 Å². The van der Waals surface area contributed by atoms with Gasteiger partial charge in [0, 0.05) is 29.5 Å². The number of rotatable bonds is 1. The number of amides is 1. The van der Waals surface area contributed by atoms with Crippen LogP contribution in [-0.4, -0.2) is 20.7 Å². The number of hydrogen-bond acceptors (Lipinski definition) is 3. The van der Waals surface area contributed by atoms with Gasteiger partial charge in [0.1, 0.15) is 5.82 Å². The van der Waals surface area contributed by atoms with Crippen LogP contribution in [0, 0.1) is 0 Å². The standard InChI is InChI=1S/C19H20N4O/c1-19(2,3)23-18-15(11-21-23)14(10-17(24)22-18)12-6-7-16-13(9-12)5-4-8-20-16/h4-9,11,14H,10H2,1-3H3,(H,22,24)/t14-/m0/s1. The Kier molecular flexibility index (Phi) is 3.20. The van der Waals surface area contributed by atoms with Crippen LogP contribution in [0.4, 0.5) is 5.82 Å². The first kappa shape index (κ1) is 14.9. The molecule has 0 spiro atoms. The van der Waals surface area contributed by atoms with Gasteiger partial charge in [0.25, 0.3) is 0 Å². The highest BCUT2D eigenvalue weighted by molar-refractivity contribution is 5.94. The SMILES string of the molecule is CC(C)(C)n1ncc2c1NC(=O)C[C@H]2c1ccc2ncccc2c1. The molecule has 1 aromatic carbocycles. The number of benzene rings is 1. The van der Waals surface area contributed by atoms with Crippen molar-refractivity contribution in [2.24, 2.45) is 0 Å². The zero-order chi connectivity index (χ0) is 16.9. The average Bonchev–Trinajstić information content (AvgIpc) is 2.97. The molecule has 5 nitrogen and oxygen atoms in total. The van der Waals surface area contributed by atoms with Gasteiger partial charge in [-0.15, -0.1) is 0 Å². The van der Waals surface area contributed by atoms with Crippen molar-refractivity contribution in [3.8, 4) is 0 Å². The molecule has 3 aromatic rings. The predicted molar refractivity (Wildman–Crippen MR) is 94.1 cm³/mol. The molecule has 0 aliphatic carbocycles. The minimum absolute atomic E-state index is 0.0226. The highest BCUT2D eigenvalue weighted by Crippen LogP contribution is 2.39. The molecule has 2 aromatic heterocycles. The third-order valence-electron chi connectivity index (χ3n) is 4.49. The quantitative estimate of drug-likeness (QED) is 0.744. The monoisotopic (exact) mass is 320 g/mol. The lowest BCUT2D eigenvalue weighted by Gasteiger charge is -2.28. The maximum absolute atomic E-state index is 12.3. The maximum atomic E-state index is 12.3. The molecule has 4 rings (SSSR count). The van der Waals surface area contributed by atoms with E-state index in [1.165, 1.54) is 0 Å². The highest BCUT2D eigenvalue weighted by atomic mass is 16.1. The molecular formula is C19H20N4O. The minimum atomic E-state index is -0.184. The van der Waals surface area contributed by atoms with Crippen LogP contribution in [0.15, 0.2) is 42.7 Å². The minimum Gasteiger partial charge on any atom is -0.311 e. The Hall–Kier alpha value is -2.69. The van der Waals surface area contributed by atoms with Crippen LogP contribution in [0.2, 0.25) is 0 Å². The van der Waals surface area contributed by atoms with Crippen LogP contribution in [0.3, 0.4) is 0 Å². The second kappa shape index (κ2) is 5.16. The molecule has 1 atom stereocenters.